The maximum Gasteiger partial charge on any atom is 0.232 e. The highest BCUT2D eigenvalue weighted by atomic mass is 19.1. The van der Waals surface area contributed by atoms with Crippen molar-refractivity contribution in [2.45, 2.75) is 65.2 Å². The molecule has 33 heavy (non-hydrogen) atoms. The number of halogens is 2. The maximum atomic E-state index is 14.9. The van der Waals surface area contributed by atoms with Crippen molar-refractivity contribution >= 4 is 22.4 Å². The molecule has 0 N–H and O–H groups in total. The lowest BCUT2D eigenvalue weighted by Gasteiger charge is -2.32. The number of methoxy groups -OCH3 is 1. The van der Waals surface area contributed by atoms with Gasteiger partial charge in [-0.25, -0.2) is 18.7 Å². The second-order valence-corrected chi connectivity index (χ2v) is 9.11. The number of fused-ring (bicyclic) bond motifs is 1. The summed E-state index contributed by atoms with van der Waals surface area (Å²) in [5.41, 5.74) is 3.95. The number of hydrogen-bond donors (Lipinski definition) is 0. The minimum atomic E-state index is -1.26. The van der Waals surface area contributed by atoms with Gasteiger partial charge in [-0.1, -0.05) is 0 Å². The summed E-state index contributed by atoms with van der Waals surface area (Å²) in [5, 5.41) is 0. The van der Waals surface area contributed by atoms with Gasteiger partial charge in [0.1, 0.15) is 11.8 Å². The quantitative estimate of drug-likeness (QED) is 0.409. The average Bonchev–Trinajstić information content (AvgIpc) is 2.75. The second-order valence-electron chi connectivity index (χ2n) is 9.11. The molecule has 0 radical (unpaired) electrons. The zero-order valence-corrected chi connectivity index (χ0v) is 19.7. The minimum absolute atomic E-state index is 0.144. The first kappa shape index (κ1) is 23.1. The Morgan fingerprint density at radius 1 is 1.21 bits per heavy atom. The number of rotatable bonds is 5. The first-order chi connectivity index (χ1) is 15.6. The van der Waals surface area contributed by atoms with Crippen LogP contribution < -0.4 is 9.47 Å². The van der Waals surface area contributed by atoms with Crippen molar-refractivity contribution in [2.24, 2.45) is 4.99 Å². The van der Waals surface area contributed by atoms with Gasteiger partial charge in [0.05, 0.1) is 30.0 Å². The fourth-order valence-corrected chi connectivity index (χ4v) is 4.38. The largest absolute Gasteiger partial charge is 0.487 e. The standard InChI is InChI=1S/C26H29F2N3O2/c1-15-9-19(25-22(10-15)31-24(32-5)14-29-25)17(3)30-21-12-20(27)23(11-16(21)2)33-18-7-6-8-26(4,28)13-18/h9-12,14,18H,6-8,13H2,1-5H3/b30-17+/t18-,26?/m1/s1. The Hall–Kier alpha value is -3.09. The number of aryl methyl sites for hydroxylation is 2. The molecule has 174 valence electrons. The van der Waals surface area contributed by atoms with Gasteiger partial charge in [-0.3, -0.25) is 4.99 Å². The Balaban J connectivity index is 1.65. The Kier molecular flexibility index (Phi) is 6.32. The molecule has 1 aliphatic carbocycles. The van der Waals surface area contributed by atoms with Crippen LogP contribution in [0, 0.1) is 19.7 Å². The van der Waals surface area contributed by atoms with Crippen LogP contribution in [-0.2, 0) is 0 Å². The van der Waals surface area contributed by atoms with Crippen molar-refractivity contribution in [3.8, 4) is 11.6 Å². The molecule has 0 bridgehead atoms. The third-order valence-corrected chi connectivity index (χ3v) is 6.08. The predicted octanol–water partition coefficient (Wildman–Crippen LogP) is 6.58. The van der Waals surface area contributed by atoms with Gasteiger partial charge in [-0.2, -0.15) is 0 Å². The molecule has 1 heterocycles. The van der Waals surface area contributed by atoms with Crippen LogP contribution in [-0.4, -0.2) is 34.6 Å². The molecule has 1 unspecified atom stereocenters. The monoisotopic (exact) mass is 453 g/mol. The van der Waals surface area contributed by atoms with E-state index in [1.54, 1.807) is 26.3 Å². The van der Waals surface area contributed by atoms with E-state index < -0.39 is 11.5 Å². The maximum absolute atomic E-state index is 14.9. The van der Waals surface area contributed by atoms with E-state index in [1.807, 2.05) is 32.9 Å². The van der Waals surface area contributed by atoms with Gasteiger partial charge in [0.25, 0.3) is 0 Å². The highest BCUT2D eigenvalue weighted by molar-refractivity contribution is 6.09. The zero-order chi connectivity index (χ0) is 23.8. The van der Waals surface area contributed by atoms with Crippen LogP contribution in [0.15, 0.2) is 35.5 Å². The van der Waals surface area contributed by atoms with E-state index in [9.17, 15) is 8.78 Å². The number of nitrogens with zero attached hydrogens (tertiary/aromatic N) is 3. The third kappa shape index (κ3) is 5.13. The van der Waals surface area contributed by atoms with Crippen LogP contribution in [0.5, 0.6) is 11.6 Å². The van der Waals surface area contributed by atoms with Gasteiger partial charge >= 0.3 is 0 Å². The van der Waals surface area contributed by atoms with Gasteiger partial charge in [0.15, 0.2) is 11.6 Å². The van der Waals surface area contributed by atoms with Gasteiger partial charge in [-0.05, 0) is 76.3 Å². The summed E-state index contributed by atoms with van der Waals surface area (Å²) in [7, 11) is 1.55. The summed E-state index contributed by atoms with van der Waals surface area (Å²) in [4.78, 5) is 13.7. The molecule has 2 atom stereocenters. The Labute approximate surface area is 192 Å². The first-order valence-electron chi connectivity index (χ1n) is 11.2. The van der Waals surface area contributed by atoms with E-state index in [-0.39, 0.29) is 18.3 Å². The van der Waals surface area contributed by atoms with Crippen LogP contribution in [0.3, 0.4) is 0 Å². The number of aromatic nitrogens is 2. The van der Waals surface area contributed by atoms with Gasteiger partial charge in [-0.15, -0.1) is 0 Å². The average molecular weight is 454 g/mol. The molecule has 4 rings (SSSR count). The van der Waals surface area contributed by atoms with E-state index >= 15 is 0 Å². The molecular weight excluding hydrogens is 424 g/mol. The Morgan fingerprint density at radius 2 is 2.00 bits per heavy atom. The number of hydrogen-bond acceptors (Lipinski definition) is 5. The second kappa shape index (κ2) is 9.04. The van der Waals surface area contributed by atoms with Crippen LogP contribution in [0.1, 0.15) is 56.2 Å². The summed E-state index contributed by atoms with van der Waals surface area (Å²) in [6.45, 7) is 7.28. The van der Waals surface area contributed by atoms with E-state index in [0.717, 1.165) is 29.5 Å². The molecule has 0 amide bonds. The summed E-state index contributed by atoms with van der Waals surface area (Å²) in [5.74, 6) is 0.0795. The molecule has 0 aliphatic heterocycles. The number of benzene rings is 2. The fraction of sp³-hybridized carbons (Fsp3) is 0.423. The van der Waals surface area contributed by atoms with Gasteiger partial charge < -0.3 is 9.47 Å². The lowest BCUT2D eigenvalue weighted by atomic mass is 9.86. The van der Waals surface area contributed by atoms with Crippen LogP contribution in [0.4, 0.5) is 14.5 Å². The molecular formula is C26H29F2N3O2. The van der Waals surface area contributed by atoms with Gasteiger partial charge in [0, 0.05) is 23.8 Å². The number of aliphatic imine (C=N–C) groups is 1. The molecule has 1 aromatic heterocycles. The summed E-state index contributed by atoms with van der Waals surface area (Å²) in [6, 6.07) is 6.94. The molecule has 2 aromatic carbocycles. The zero-order valence-electron chi connectivity index (χ0n) is 19.7. The molecule has 0 saturated heterocycles. The topological polar surface area (TPSA) is 56.6 Å². The predicted molar refractivity (Wildman–Crippen MR) is 126 cm³/mol. The smallest absolute Gasteiger partial charge is 0.232 e. The van der Waals surface area contributed by atoms with E-state index in [2.05, 4.69) is 9.97 Å². The molecule has 1 saturated carbocycles. The molecule has 1 fully saturated rings. The van der Waals surface area contributed by atoms with Crippen molar-refractivity contribution < 1.29 is 18.3 Å². The lowest BCUT2D eigenvalue weighted by Crippen LogP contribution is -2.34. The summed E-state index contributed by atoms with van der Waals surface area (Å²) >= 11 is 0. The summed E-state index contributed by atoms with van der Waals surface area (Å²) < 4.78 is 40.3. The van der Waals surface area contributed by atoms with Crippen LogP contribution in [0.25, 0.3) is 11.0 Å². The number of ether oxygens (including phenoxy) is 2. The van der Waals surface area contributed by atoms with Crippen molar-refractivity contribution in [3.63, 3.8) is 0 Å². The Morgan fingerprint density at radius 3 is 2.73 bits per heavy atom. The van der Waals surface area contributed by atoms with Crippen molar-refractivity contribution in [3.05, 3.63) is 53.0 Å². The normalized spacial score (nSPS) is 21.3. The van der Waals surface area contributed by atoms with E-state index in [1.165, 1.54) is 6.07 Å². The molecule has 5 nitrogen and oxygen atoms in total. The van der Waals surface area contributed by atoms with Crippen molar-refractivity contribution in [1.82, 2.24) is 9.97 Å². The highest BCUT2D eigenvalue weighted by Crippen LogP contribution is 2.36. The van der Waals surface area contributed by atoms with Crippen molar-refractivity contribution in [2.75, 3.05) is 7.11 Å². The van der Waals surface area contributed by atoms with E-state index in [4.69, 9.17) is 14.5 Å². The fourth-order valence-electron chi connectivity index (χ4n) is 4.38. The Bertz CT molecular complexity index is 1220. The molecule has 3 aromatic rings. The van der Waals surface area contributed by atoms with Crippen LogP contribution in [0.2, 0.25) is 0 Å². The van der Waals surface area contributed by atoms with Crippen LogP contribution >= 0.6 is 0 Å². The third-order valence-electron chi connectivity index (χ3n) is 6.08. The van der Waals surface area contributed by atoms with Crippen molar-refractivity contribution in [1.29, 1.82) is 0 Å². The molecule has 7 heteroatoms. The van der Waals surface area contributed by atoms with Gasteiger partial charge in [0.2, 0.25) is 5.88 Å². The minimum Gasteiger partial charge on any atom is -0.487 e. The lowest BCUT2D eigenvalue weighted by molar-refractivity contribution is 0.0413. The number of alkyl halides is 1. The van der Waals surface area contributed by atoms with E-state index in [0.29, 0.717) is 34.7 Å². The molecule has 0 spiro atoms. The molecule has 1 aliphatic rings. The SMILES string of the molecule is COc1cnc2c(/C(C)=N/c3cc(F)c(O[C@@H]4CCCC(C)(F)C4)cc3C)cc(C)cc2n1. The first-order valence-corrected chi connectivity index (χ1v) is 11.2. The summed E-state index contributed by atoms with van der Waals surface area (Å²) in [6.07, 6.45) is 3.50. The highest BCUT2D eigenvalue weighted by Gasteiger charge is 2.33.